The van der Waals surface area contributed by atoms with E-state index in [1.165, 1.54) is 6.20 Å². The number of pyridine rings is 2. The van der Waals surface area contributed by atoms with Crippen LogP contribution in [0.1, 0.15) is 56.3 Å². The molecule has 2 aliphatic rings. The highest BCUT2D eigenvalue weighted by Crippen LogP contribution is 2.43. The maximum Gasteiger partial charge on any atom is 0.244 e. The molecule has 0 bridgehead atoms. The van der Waals surface area contributed by atoms with E-state index in [4.69, 9.17) is 5.73 Å². The lowest BCUT2D eigenvalue weighted by atomic mass is 9.96. The summed E-state index contributed by atoms with van der Waals surface area (Å²) in [5.74, 6) is -0.387. The number of carbonyl (C=O) groups is 1. The van der Waals surface area contributed by atoms with Crippen molar-refractivity contribution >= 4 is 39.1 Å². The predicted molar refractivity (Wildman–Crippen MR) is 165 cm³/mol. The van der Waals surface area contributed by atoms with Crippen LogP contribution in [-0.2, 0) is 4.79 Å². The number of hydrogen-bond acceptors (Lipinski definition) is 10. The molecule has 11 nitrogen and oxygen atoms in total. The van der Waals surface area contributed by atoms with Crippen molar-refractivity contribution < 1.29 is 4.79 Å². The zero-order valence-electron chi connectivity index (χ0n) is 24.2. The van der Waals surface area contributed by atoms with Crippen LogP contribution in [0.2, 0.25) is 0 Å². The predicted octanol–water partition coefficient (Wildman–Crippen LogP) is 4.32. The maximum atomic E-state index is 12.3. The lowest BCUT2D eigenvalue weighted by molar-refractivity contribution is -0.124. The van der Waals surface area contributed by atoms with Gasteiger partial charge >= 0.3 is 0 Å². The van der Waals surface area contributed by atoms with Crippen LogP contribution in [0.5, 0.6) is 0 Å². The minimum absolute atomic E-state index is 0.0486. The third-order valence-electron chi connectivity index (χ3n) is 7.85. The van der Waals surface area contributed by atoms with Crippen molar-refractivity contribution in [2.24, 2.45) is 11.1 Å². The molecule has 0 saturated heterocycles. The summed E-state index contributed by atoms with van der Waals surface area (Å²) in [7, 11) is 0. The van der Waals surface area contributed by atoms with Gasteiger partial charge in [0.15, 0.2) is 0 Å². The molecule has 11 heteroatoms. The second-order valence-electron chi connectivity index (χ2n) is 12.2. The molecule has 0 spiro atoms. The molecule has 4 aromatic rings. The Labute approximate surface area is 249 Å². The molecule has 2 aromatic heterocycles. The number of nitriles is 2. The number of primary amides is 1. The Hall–Kier alpha value is -5.39. The Morgan fingerprint density at radius 2 is 1.91 bits per heavy atom. The number of anilines is 2. The third kappa shape index (κ3) is 5.11. The number of amides is 1. The van der Waals surface area contributed by atoms with Crippen molar-refractivity contribution in [1.29, 1.82) is 10.5 Å². The van der Waals surface area contributed by atoms with Crippen molar-refractivity contribution in [3.63, 3.8) is 0 Å². The summed E-state index contributed by atoms with van der Waals surface area (Å²) in [5.41, 5.74) is 16.4. The molecule has 1 aliphatic heterocycles. The van der Waals surface area contributed by atoms with Gasteiger partial charge in [-0.1, -0.05) is 39.0 Å². The quantitative estimate of drug-likeness (QED) is 0.205. The van der Waals surface area contributed by atoms with Gasteiger partial charge in [0.05, 0.1) is 39.6 Å². The van der Waals surface area contributed by atoms with Gasteiger partial charge in [-0.15, -0.1) is 5.53 Å². The van der Waals surface area contributed by atoms with Crippen LogP contribution in [0.25, 0.3) is 21.8 Å². The summed E-state index contributed by atoms with van der Waals surface area (Å²) in [4.78, 5) is 21.3. The van der Waals surface area contributed by atoms with Gasteiger partial charge in [-0.3, -0.25) is 19.8 Å². The average molecular weight is 573 g/mol. The van der Waals surface area contributed by atoms with E-state index in [9.17, 15) is 15.3 Å². The van der Waals surface area contributed by atoms with Gasteiger partial charge in [0, 0.05) is 41.6 Å². The van der Waals surface area contributed by atoms with Crippen molar-refractivity contribution in [2.45, 2.75) is 45.2 Å². The second kappa shape index (κ2) is 10.5. The number of rotatable bonds is 8. The molecule has 216 valence electrons. The summed E-state index contributed by atoms with van der Waals surface area (Å²) in [6, 6.07) is 17.6. The van der Waals surface area contributed by atoms with Crippen molar-refractivity contribution in [3.8, 4) is 12.1 Å². The first-order valence-corrected chi connectivity index (χ1v) is 14.1. The average Bonchev–Trinajstić information content (AvgIpc) is 3.67. The summed E-state index contributed by atoms with van der Waals surface area (Å²) in [5, 5.41) is 30.4. The highest BCUT2D eigenvalue weighted by atomic mass is 16.2. The SMILES string of the molecule is CC(C)(C)CNc1c(C#N)cnc2c(C#N)cc(N[C@H](C3=CN(C4(C(N)=O)CC4)NN3)c3cccc4ncccc34)cc12. The topological polar surface area (TPSA) is 168 Å². The maximum absolute atomic E-state index is 12.3. The van der Waals surface area contributed by atoms with E-state index in [1.54, 1.807) is 17.3 Å². The monoisotopic (exact) mass is 572 g/mol. The van der Waals surface area contributed by atoms with E-state index >= 15 is 0 Å². The molecule has 6 N–H and O–H groups in total. The van der Waals surface area contributed by atoms with E-state index < -0.39 is 11.6 Å². The van der Waals surface area contributed by atoms with Gasteiger partial charge in [0.1, 0.15) is 17.7 Å². The van der Waals surface area contributed by atoms with Crippen molar-refractivity contribution in [1.82, 2.24) is 25.9 Å². The summed E-state index contributed by atoms with van der Waals surface area (Å²) >= 11 is 0. The second-order valence-corrected chi connectivity index (χ2v) is 12.2. The zero-order valence-corrected chi connectivity index (χ0v) is 24.2. The first-order chi connectivity index (χ1) is 20.6. The minimum Gasteiger partial charge on any atom is -0.383 e. The minimum atomic E-state index is -0.774. The Morgan fingerprint density at radius 3 is 2.60 bits per heavy atom. The van der Waals surface area contributed by atoms with Gasteiger partial charge in [-0.2, -0.15) is 10.5 Å². The normalized spacial score (nSPS) is 16.1. The molecule has 6 rings (SSSR count). The van der Waals surface area contributed by atoms with Gasteiger partial charge in [0.2, 0.25) is 5.91 Å². The first-order valence-electron chi connectivity index (χ1n) is 14.1. The molecule has 1 fully saturated rings. The van der Waals surface area contributed by atoms with Gasteiger partial charge in [0.25, 0.3) is 0 Å². The first kappa shape index (κ1) is 27.8. The number of nitrogens with zero attached hydrogens (tertiary/aromatic N) is 5. The van der Waals surface area contributed by atoms with Crippen molar-refractivity contribution in [2.75, 3.05) is 17.2 Å². The highest BCUT2D eigenvalue weighted by Gasteiger charge is 2.54. The van der Waals surface area contributed by atoms with Crippen LogP contribution >= 0.6 is 0 Å². The smallest absolute Gasteiger partial charge is 0.244 e. The van der Waals surface area contributed by atoms with E-state index in [-0.39, 0.29) is 11.3 Å². The Morgan fingerprint density at radius 1 is 1.12 bits per heavy atom. The summed E-state index contributed by atoms with van der Waals surface area (Å²) < 4.78 is 0. The molecular weight excluding hydrogens is 540 g/mol. The molecule has 1 saturated carbocycles. The molecule has 1 aliphatic carbocycles. The summed E-state index contributed by atoms with van der Waals surface area (Å²) in [6.07, 6.45) is 6.44. The molecule has 1 atom stereocenters. The number of fused-ring (bicyclic) bond motifs is 2. The number of hydrogen-bond donors (Lipinski definition) is 5. The molecule has 43 heavy (non-hydrogen) atoms. The van der Waals surface area contributed by atoms with E-state index in [0.29, 0.717) is 52.8 Å². The molecular formula is C32H32N10O. The fraction of sp³-hybridized carbons (Fsp3) is 0.281. The lowest BCUT2D eigenvalue weighted by Crippen LogP contribution is -2.51. The number of benzene rings is 2. The number of aromatic nitrogens is 2. The van der Waals surface area contributed by atoms with Crippen LogP contribution in [0.4, 0.5) is 11.4 Å². The third-order valence-corrected chi connectivity index (χ3v) is 7.85. The number of nitrogens with two attached hydrogens (primary N) is 1. The van der Waals surface area contributed by atoms with Crippen LogP contribution in [0.15, 0.2) is 66.8 Å². The van der Waals surface area contributed by atoms with Crippen LogP contribution in [-0.4, -0.2) is 33.0 Å². The van der Waals surface area contributed by atoms with E-state index in [1.807, 2.05) is 42.6 Å². The number of carbonyl (C=O) groups excluding carboxylic acids is 1. The Balaban J connectivity index is 1.49. The molecule has 3 heterocycles. The Kier molecular flexibility index (Phi) is 6.76. The largest absolute Gasteiger partial charge is 0.383 e. The zero-order chi connectivity index (χ0) is 30.4. The number of hydrazine groups is 2. The van der Waals surface area contributed by atoms with E-state index in [2.05, 4.69) is 64.5 Å². The van der Waals surface area contributed by atoms with E-state index in [0.717, 1.165) is 22.2 Å². The molecule has 0 radical (unpaired) electrons. The summed E-state index contributed by atoms with van der Waals surface area (Å²) in [6.45, 7) is 6.94. The van der Waals surface area contributed by atoms with Crippen LogP contribution < -0.4 is 27.3 Å². The lowest BCUT2D eigenvalue weighted by Gasteiger charge is -2.24. The fourth-order valence-electron chi connectivity index (χ4n) is 5.40. The highest BCUT2D eigenvalue weighted by molar-refractivity contribution is 5.99. The fourth-order valence-corrected chi connectivity index (χ4v) is 5.40. The van der Waals surface area contributed by atoms with Crippen LogP contribution in [0, 0.1) is 28.1 Å². The number of nitrogens with one attached hydrogen (secondary N) is 4. The van der Waals surface area contributed by atoms with Crippen molar-refractivity contribution in [3.05, 3.63) is 83.4 Å². The van der Waals surface area contributed by atoms with Gasteiger partial charge in [-0.25, -0.2) is 0 Å². The van der Waals surface area contributed by atoms with Gasteiger partial charge < -0.3 is 21.8 Å². The Bertz CT molecular complexity index is 1870. The molecule has 1 amide bonds. The standard InChI is InChI=1S/C32H32N10O/c1-31(2,3)18-38-28-20(15-34)16-37-27-19(14-33)12-21(13-24(27)28)39-29(23-6-4-8-25-22(23)7-5-11-36-25)26-17-42(41-40-26)32(9-10-32)30(35)43/h4-8,11-13,16-17,29,39-41H,9-10,18H2,1-3H3,(H2,35,43)(H,37,38)/t29-/m0/s1. The molecule has 0 unspecified atom stereocenters. The van der Waals surface area contributed by atoms with Crippen LogP contribution in [0.3, 0.4) is 0 Å². The van der Waals surface area contributed by atoms with Gasteiger partial charge in [-0.05, 0) is 48.1 Å². The molecule has 2 aromatic carbocycles.